The Kier molecular flexibility index (Phi) is 4.31. The van der Waals surface area contributed by atoms with Crippen molar-refractivity contribution < 1.29 is 0 Å². The molecule has 0 spiro atoms. The molecule has 1 aromatic carbocycles. The predicted octanol–water partition coefficient (Wildman–Crippen LogP) is 4.36. The van der Waals surface area contributed by atoms with Crippen molar-refractivity contribution in [1.29, 1.82) is 0 Å². The summed E-state index contributed by atoms with van der Waals surface area (Å²) in [6.07, 6.45) is 6.03. The van der Waals surface area contributed by atoms with Gasteiger partial charge in [-0.05, 0) is 60.2 Å². The van der Waals surface area contributed by atoms with Gasteiger partial charge in [-0.2, -0.15) is 0 Å². The summed E-state index contributed by atoms with van der Waals surface area (Å²) in [5, 5.41) is 4.18. The zero-order valence-corrected chi connectivity index (χ0v) is 16.0. The summed E-state index contributed by atoms with van der Waals surface area (Å²) < 4.78 is 3.11. The van der Waals surface area contributed by atoms with Gasteiger partial charge in [0.25, 0.3) is 0 Å². The lowest BCUT2D eigenvalue weighted by Gasteiger charge is -2.27. The van der Waals surface area contributed by atoms with Gasteiger partial charge in [-0.1, -0.05) is 22.0 Å². The van der Waals surface area contributed by atoms with E-state index in [1.807, 2.05) is 43.6 Å². The summed E-state index contributed by atoms with van der Waals surface area (Å²) in [5.74, 6) is 0. The molecule has 0 unspecified atom stereocenters. The third-order valence-corrected chi connectivity index (χ3v) is 5.24. The molecule has 1 aliphatic heterocycles. The number of aromatic nitrogens is 2. The number of anilines is 1. The minimum Gasteiger partial charge on any atom is -0.357 e. The normalized spacial score (nSPS) is 19.9. The van der Waals surface area contributed by atoms with Crippen LogP contribution >= 0.6 is 28.1 Å². The summed E-state index contributed by atoms with van der Waals surface area (Å²) >= 11 is 9.19. The van der Waals surface area contributed by atoms with Crippen LogP contribution in [0.2, 0.25) is 0 Å². The fraction of sp³-hybridized carbons (Fsp3) is 0.158. The summed E-state index contributed by atoms with van der Waals surface area (Å²) in [7, 11) is 2.03. The fourth-order valence-corrected chi connectivity index (χ4v) is 3.88. The van der Waals surface area contributed by atoms with E-state index in [1.165, 1.54) is 5.56 Å². The highest BCUT2D eigenvalue weighted by Crippen LogP contribution is 2.41. The average molecular weight is 413 g/mol. The van der Waals surface area contributed by atoms with Crippen LogP contribution in [0.3, 0.4) is 0 Å². The van der Waals surface area contributed by atoms with Gasteiger partial charge in [0.1, 0.15) is 0 Å². The van der Waals surface area contributed by atoms with Gasteiger partial charge in [0, 0.05) is 35.8 Å². The lowest BCUT2D eigenvalue weighted by atomic mass is 9.99. The molecule has 0 amide bonds. The lowest BCUT2D eigenvalue weighted by molar-refractivity contribution is 0.567. The maximum absolute atomic E-state index is 5.68. The van der Waals surface area contributed by atoms with E-state index < -0.39 is 0 Å². The molecule has 0 saturated carbocycles. The molecule has 3 aromatic rings. The Labute approximate surface area is 160 Å². The smallest absolute Gasteiger partial charge is 0.174 e. The van der Waals surface area contributed by atoms with Gasteiger partial charge in [-0.3, -0.25) is 4.98 Å². The SMILES string of the molecule is Cn1ccc([C@@H]2[C@@H](c3ccccn3)NC(=S)N2c2ccc(Br)cc2)c1. The molecule has 25 heavy (non-hydrogen) atoms. The Balaban J connectivity index is 1.81. The number of thiocarbonyl (C=S) groups is 1. The van der Waals surface area contributed by atoms with Gasteiger partial charge in [-0.15, -0.1) is 0 Å². The van der Waals surface area contributed by atoms with Crippen LogP contribution in [0.25, 0.3) is 0 Å². The van der Waals surface area contributed by atoms with Crippen molar-refractivity contribution >= 4 is 38.9 Å². The molecule has 4 rings (SSSR count). The third kappa shape index (κ3) is 3.07. The average Bonchev–Trinajstić information content (AvgIpc) is 3.20. The Bertz CT molecular complexity index is 891. The summed E-state index contributed by atoms with van der Waals surface area (Å²) in [6.45, 7) is 0. The highest BCUT2D eigenvalue weighted by Gasteiger charge is 2.40. The minimum absolute atomic E-state index is 0.000234. The van der Waals surface area contributed by atoms with Crippen LogP contribution in [-0.4, -0.2) is 14.7 Å². The van der Waals surface area contributed by atoms with Crippen LogP contribution in [-0.2, 0) is 7.05 Å². The molecular formula is C19H17BrN4S. The third-order valence-electron chi connectivity index (χ3n) is 4.40. The number of pyridine rings is 1. The molecule has 2 atom stereocenters. The highest BCUT2D eigenvalue weighted by molar-refractivity contribution is 9.10. The number of halogens is 1. The first-order chi connectivity index (χ1) is 12.1. The molecule has 6 heteroatoms. The zero-order valence-electron chi connectivity index (χ0n) is 13.6. The first-order valence-corrected chi connectivity index (χ1v) is 9.22. The number of benzene rings is 1. The van der Waals surface area contributed by atoms with Crippen molar-refractivity contribution in [2.75, 3.05) is 4.90 Å². The molecule has 2 aromatic heterocycles. The minimum atomic E-state index is -0.000234. The molecule has 3 heterocycles. The van der Waals surface area contributed by atoms with Gasteiger partial charge in [0.15, 0.2) is 5.11 Å². The second-order valence-electron chi connectivity index (χ2n) is 6.08. The number of aryl methyl sites for hydroxylation is 1. The molecule has 1 aliphatic rings. The van der Waals surface area contributed by atoms with Crippen LogP contribution in [0.4, 0.5) is 5.69 Å². The van der Waals surface area contributed by atoms with Crippen molar-refractivity contribution in [3.8, 4) is 0 Å². The van der Waals surface area contributed by atoms with Gasteiger partial charge in [0.05, 0.1) is 17.8 Å². The highest BCUT2D eigenvalue weighted by atomic mass is 79.9. The molecule has 0 radical (unpaired) electrons. The topological polar surface area (TPSA) is 33.1 Å². The van der Waals surface area contributed by atoms with Crippen molar-refractivity contribution in [2.24, 2.45) is 7.05 Å². The largest absolute Gasteiger partial charge is 0.357 e. The first-order valence-electron chi connectivity index (χ1n) is 8.01. The van der Waals surface area contributed by atoms with Gasteiger partial charge in [0.2, 0.25) is 0 Å². The summed E-state index contributed by atoms with van der Waals surface area (Å²) in [4.78, 5) is 6.73. The number of hydrogen-bond donors (Lipinski definition) is 1. The van der Waals surface area contributed by atoms with Crippen LogP contribution in [0.1, 0.15) is 23.3 Å². The maximum Gasteiger partial charge on any atom is 0.174 e. The number of nitrogens with zero attached hydrogens (tertiary/aromatic N) is 3. The Morgan fingerprint density at radius 2 is 1.92 bits per heavy atom. The second-order valence-corrected chi connectivity index (χ2v) is 7.39. The van der Waals surface area contributed by atoms with E-state index in [0.29, 0.717) is 5.11 Å². The van der Waals surface area contributed by atoms with E-state index in [1.54, 1.807) is 0 Å². The molecule has 0 bridgehead atoms. The van der Waals surface area contributed by atoms with Gasteiger partial charge < -0.3 is 14.8 Å². The Hall–Kier alpha value is -2.18. The molecule has 1 N–H and O–H groups in total. The Morgan fingerprint density at radius 1 is 1.12 bits per heavy atom. The number of hydrogen-bond acceptors (Lipinski definition) is 2. The van der Waals surface area contributed by atoms with E-state index >= 15 is 0 Å². The van der Waals surface area contributed by atoms with E-state index in [4.69, 9.17) is 12.2 Å². The van der Waals surface area contributed by atoms with Crippen LogP contribution in [0.5, 0.6) is 0 Å². The monoisotopic (exact) mass is 412 g/mol. The summed E-state index contributed by atoms with van der Waals surface area (Å²) in [6, 6.07) is 16.4. The van der Waals surface area contributed by atoms with Crippen molar-refractivity contribution in [3.05, 3.63) is 82.9 Å². The first kappa shape index (κ1) is 16.3. The zero-order chi connectivity index (χ0) is 17.4. The van der Waals surface area contributed by atoms with Gasteiger partial charge >= 0.3 is 0 Å². The van der Waals surface area contributed by atoms with Crippen LogP contribution in [0, 0.1) is 0 Å². The number of nitrogens with one attached hydrogen (secondary N) is 1. The molecular weight excluding hydrogens is 396 g/mol. The van der Waals surface area contributed by atoms with E-state index in [9.17, 15) is 0 Å². The number of rotatable bonds is 3. The van der Waals surface area contributed by atoms with E-state index in [0.717, 1.165) is 15.9 Å². The second kappa shape index (κ2) is 6.61. The lowest BCUT2D eigenvalue weighted by Crippen LogP contribution is -2.29. The maximum atomic E-state index is 5.68. The van der Waals surface area contributed by atoms with Gasteiger partial charge in [-0.25, -0.2) is 0 Å². The molecule has 1 saturated heterocycles. The van der Waals surface area contributed by atoms with Crippen LogP contribution in [0.15, 0.2) is 71.6 Å². The van der Waals surface area contributed by atoms with Crippen molar-refractivity contribution in [3.63, 3.8) is 0 Å². The molecule has 0 aliphatic carbocycles. The summed E-state index contributed by atoms with van der Waals surface area (Å²) in [5.41, 5.74) is 3.25. The molecule has 1 fully saturated rings. The predicted molar refractivity (Wildman–Crippen MR) is 107 cm³/mol. The molecule has 126 valence electrons. The fourth-order valence-electron chi connectivity index (χ4n) is 3.27. The van der Waals surface area contributed by atoms with Crippen molar-refractivity contribution in [2.45, 2.75) is 12.1 Å². The van der Waals surface area contributed by atoms with E-state index in [2.05, 4.69) is 66.3 Å². The molecule has 4 nitrogen and oxygen atoms in total. The standard InChI is InChI=1S/C19H17BrN4S/c1-23-11-9-13(12-23)18-17(16-4-2-3-10-21-16)22-19(25)24(18)15-7-5-14(20)6-8-15/h2-12,17-18H,1H3,(H,22,25)/t17-,18-/m1/s1. The van der Waals surface area contributed by atoms with Crippen LogP contribution < -0.4 is 10.2 Å². The Morgan fingerprint density at radius 3 is 2.56 bits per heavy atom. The van der Waals surface area contributed by atoms with Crippen molar-refractivity contribution in [1.82, 2.24) is 14.9 Å². The van der Waals surface area contributed by atoms with E-state index in [-0.39, 0.29) is 12.1 Å². The quantitative estimate of drug-likeness (QED) is 0.647.